The van der Waals surface area contributed by atoms with Crippen LogP contribution < -0.4 is 5.73 Å². The van der Waals surface area contributed by atoms with Crippen LogP contribution in [0.2, 0.25) is 0 Å². The van der Waals surface area contributed by atoms with E-state index < -0.39 is 11.7 Å². The summed E-state index contributed by atoms with van der Waals surface area (Å²) in [6, 6.07) is 0. The molecule has 1 nitrogen and oxygen atoms in total. The monoisotopic (exact) mass is 89.1 g/mol. The lowest BCUT2D eigenvalue weighted by Gasteiger charge is -1.90. The van der Waals surface area contributed by atoms with Crippen molar-refractivity contribution >= 4 is 0 Å². The van der Waals surface area contributed by atoms with Gasteiger partial charge in [0.05, 0.1) is 0 Å². The highest BCUT2D eigenvalue weighted by Gasteiger charge is 2.47. The van der Waals surface area contributed by atoms with E-state index in [2.05, 4.69) is 0 Å². The van der Waals surface area contributed by atoms with Gasteiger partial charge in [-0.2, -0.15) is 0 Å². The van der Waals surface area contributed by atoms with Crippen molar-refractivity contribution in [2.75, 3.05) is 0 Å². The van der Waals surface area contributed by atoms with E-state index in [0.29, 0.717) is 6.42 Å². The van der Waals surface area contributed by atoms with Crippen LogP contribution in [0.3, 0.4) is 0 Å². The first-order valence-electron chi connectivity index (χ1n) is 2.06. The van der Waals surface area contributed by atoms with Crippen molar-refractivity contribution in [3.8, 4) is 0 Å². The second-order valence-electron chi connectivity index (χ2n) is 2.18. The normalized spacial score (nSPS) is 55.5. The smallest absolute Gasteiger partial charge is 0.120 e. The van der Waals surface area contributed by atoms with E-state index in [9.17, 15) is 4.39 Å². The van der Waals surface area contributed by atoms with Crippen LogP contribution in [0, 0.1) is 0 Å². The Bertz CT molecular complexity index is 69.9. The molecular formula is C4H8FN. The molecule has 1 saturated carbocycles. The van der Waals surface area contributed by atoms with Crippen molar-refractivity contribution < 1.29 is 4.39 Å². The maximum Gasteiger partial charge on any atom is 0.120 e. The van der Waals surface area contributed by atoms with Gasteiger partial charge >= 0.3 is 0 Å². The van der Waals surface area contributed by atoms with Gasteiger partial charge < -0.3 is 5.73 Å². The second kappa shape index (κ2) is 0.757. The summed E-state index contributed by atoms with van der Waals surface area (Å²) in [4.78, 5) is 0. The molecule has 0 aromatic heterocycles. The van der Waals surface area contributed by atoms with Crippen LogP contribution in [-0.4, -0.2) is 11.7 Å². The lowest BCUT2D eigenvalue weighted by atomic mass is 10.4. The average molecular weight is 89.1 g/mol. The number of halogens is 1. The largest absolute Gasteiger partial charge is 0.323 e. The zero-order valence-electron chi connectivity index (χ0n) is 3.74. The third kappa shape index (κ3) is 0.411. The van der Waals surface area contributed by atoms with Crippen LogP contribution in [0.4, 0.5) is 4.39 Å². The summed E-state index contributed by atoms with van der Waals surface area (Å²) in [6.07, 6.45) is -0.176. The van der Waals surface area contributed by atoms with Gasteiger partial charge in [-0.3, -0.25) is 0 Å². The van der Waals surface area contributed by atoms with Gasteiger partial charge in [-0.05, 0) is 6.92 Å². The maximum atomic E-state index is 11.8. The first-order chi connectivity index (χ1) is 2.63. The van der Waals surface area contributed by atoms with Crippen molar-refractivity contribution in [1.29, 1.82) is 0 Å². The molecule has 1 aliphatic rings. The molecule has 2 heteroatoms. The predicted octanol–water partition coefficient (Wildman–Crippen LogP) is 0.446. The Hall–Kier alpha value is -0.110. The highest BCUT2D eigenvalue weighted by molar-refractivity contribution is 5.05. The molecule has 0 unspecified atom stereocenters. The Balaban J connectivity index is 2.41. The zero-order chi connectivity index (χ0) is 4.78. The lowest BCUT2D eigenvalue weighted by Crippen LogP contribution is -2.19. The number of alkyl halides is 1. The minimum Gasteiger partial charge on any atom is -0.323 e. The highest BCUT2D eigenvalue weighted by atomic mass is 19.1. The van der Waals surface area contributed by atoms with Gasteiger partial charge in [0.25, 0.3) is 0 Å². The van der Waals surface area contributed by atoms with Gasteiger partial charge in [0.1, 0.15) is 6.17 Å². The van der Waals surface area contributed by atoms with Gasteiger partial charge in [0, 0.05) is 12.0 Å². The quantitative estimate of drug-likeness (QED) is 0.458. The van der Waals surface area contributed by atoms with Gasteiger partial charge in [-0.25, -0.2) is 4.39 Å². The number of hydrogen-bond donors (Lipinski definition) is 1. The number of nitrogens with two attached hydrogens (primary N) is 1. The third-order valence-corrected chi connectivity index (χ3v) is 1.17. The molecule has 2 N–H and O–H groups in total. The highest BCUT2D eigenvalue weighted by Crippen LogP contribution is 2.35. The van der Waals surface area contributed by atoms with Crippen molar-refractivity contribution in [2.24, 2.45) is 5.73 Å². The predicted molar refractivity (Wildman–Crippen MR) is 22.1 cm³/mol. The first kappa shape index (κ1) is 4.06. The lowest BCUT2D eigenvalue weighted by molar-refractivity contribution is 0.432. The van der Waals surface area contributed by atoms with Crippen molar-refractivity contribution in [1.82, 2.24) is 0 Å². The number of hydrogen-bond acceptors (Lipinski definition) is 1. The van der Waals surface area contributed by atoms with E-state index in [1.165, 1.54) is 0 Å². The molecule has 1 aliphatic carbocycles. The molecule has 0 radical (unpaired) electrons. The van der Waals surface area contributed by atoms with Crippen molar-refractivity contribution in [3.63, 3.8) is 0 Å². The summed E-state index contributed by atoms with van der Waals surface area (Å²) in [5, 5.41) is 0. The average Bonchev–Trinajstić information content (AvgIpc) is 1.73. The SMILES string of the molecule is C[C@@]1(N)C[C@@H]1F. The van der Waals surface area contributed by atoms with Crippen LogP contribution in [-0.2, 0) is 0 Å². The fourth-order valence-corrected chi connectivity index (χ4v) is 0.327. The fraction of sp³-hybridized carbons (Fsp3) is 1.00. The Morgan fingerprint density at radius 3 is 2.17 bits per heavy atom. The zero-order valence-corrected chi connectivity index (χ0v) is 3.74. The summed E-state index contributed by atoms with van der Waals surface area (Å²) < 4.78 is 11.8. The summed E-state index contributed by atoms with van der Waals surface area (Å²) in [7, 11) is 0. The maximum absolute atomic E-state index is 11.8. The molecule has 36 valence electrons. The summed E-state index contributed by atoms with van der Waals surface area (Å²) in [5.41, 5.74) is 4.78. The van der Waals surface area contributed by atoms with E-state index in [1.54, 1.807) is 6.92 Å². The molecule has 0 aromatic carbocycles. The Morgan fingerprint density at radius 1 is 2.00 bits per heavy atom. The molecule has 0 aliphatic heterocycles. The van der Waals surface area contributed by atoms with Gasteiger partial charge in [0.15, 0.2) is 0 Å². The van der Waals surface area contributed by atoms with Gasteiger partial charge in [-0.15, -0.1) is 0 Å². The number of rotatable bonds is 0. The van der Waals surface area contributed by atoms with Gasteiger partial charge in [-0.1, -0.05) is 0 Å². The van der Waals surface area contributed by atoms with Crippen LogP contribution >= 0.6 is 0 Å². The van der Waals surface area contributed by atoms with Crippen LogP contribution in [0.25, 0.3) is 0 Å². The first-order valence-corrected chi connectivity index (χ1v) is 2.06. The van der Waals surface area contributed by atoms with Crippen LogP contribution in [0.1, 0.15) is 13.3 Å². The molecule has 0 bridgehead atoms. The third-order valence-electron chi connectivity index (χ3n) is 1.17. The van der Waals surface area contributed by atoms with Crippen molar-refractivity contribution in [2.45, 2.75) is 25.1 Å². The Labute approximate surface area is 36.3 Å². The Kier molecular flexibility index (Phi) is 0.512. The molecule has 0 spiro atoms. The van der Waals surface area contributed by atoms with E-state index in [4.69, 9.17) is 5.73 Å². The standard InChI is InChI=1S/C4H8FN/c1-4(6)2-3(4)5/h3H,2,6H2,1H3/t3-,4+/m0/s1. The van der Waals surface area contributed by atoms with Crippen molar-refractivity contribution in [3.05, 3.63) is 0 Å². The summed E-state index contributed by atoms with van der Waals surface area (Å²) in [6.45, 7) is 1.72. The summed E-state index contributed by atoms with van der Waals surface area (Å²) >= 11 is 0. The van der Waals surface area contributed by atoms with E-state index >= 15 is 0 Å². The molecule has 0 aromatic rings. The van der Waals surface area contributed by atoms with Crippen LogP contribution in [0.5, 0.6) is 0 Å². The van der Waals surface area contributed by atoms with Crippen LogP contribution in [0.15, 0.2) is 0 Å². The second-order valence-corrected chi connectivity index (χ2v) is 2.18. The molecule has 6 heavy (non-hydrogen) atoms. The molecule has 1 rings (SSSR count). The molecule has 2 atom stereocenters. The van der Waals surface area contributed by atoms with E-state index in [0.717, 1.165) is 0 Å². The molecular weight excluding hydrogens is 81.0 g/mol. The summed E-state index contributed by atoms with van der Waals surface area (Å²) in [5.74, 6) is 0. The Morgan fingerprint density at radius 2 is 2.17 bits per heavy atom. The molecule has 0 amide bonds. The molecule has 0 saturated heterocycles. The minimum atomic E-state index is -0.725. The fourth-order valence-electron chi connectivity index (χ4n) is 0.327. The minimum absolute atomic E-state index is 0.458. The van der Waals surface area contributed by atoms with E-state index in [-0.39, 0.29) is 0 Å². The van der Waals surface area contributed by atoms with Gasteiger partial charge in [0.2, 0.25) is 0 Å². The molecule has 1 fully saturated rings. The molecule has 0 heterocycles. The van der Waals surface area contributed by atoms with E-state index in [1.807, 2.05) is 0 Å². The topological polar surface area (TPSA) is 26.0 Å².